The summed E-state index contributed by atoms with van der Waals surface area (Å²) in [7, 11) is -3.68. The van der Waals surface area contributed by atoms with Crippen LogP contribution in [0.4, 0.5) is 0 Å². The van der Waals surface area contributed by atoms with E-state index in [1.807, 2.05) is 24.4 Å². The Morgan fingerprint density at radius 2 is 1.89 bits per heavy atom. The molecule has 2 aromatic heterocycles. The van der Waals surface area contributed by atoms with E-state index in [1.54, 1.807) is 35.6 Å². The molecule has 3 heterocycles. The molecule has 4 rings (SSSR count). The number of pyridine rings is 1. The van der Waals surface area contributed by atoms with Crippen molar-refractivity contribution in [1.82, 2.24) is 19.9 Å². The first kappa shape index (κ1) is 27.7. The van der Waals surface area contributed by atoms with E-state index in [4.69, 9.17) is 4.98 Å². The summed E-state index contributed by atoms with van der Waals surface area (Å²) in [6.45, 7) is 10.7. The number of likely N-dealkylation sites (tertiary alicyclic amines) is 1. The minimum atomic E-state index is -3.68. The maximum Gasteiger partial charge on any atom is 0.252 e. The number of amides is 1. The summed E-state index contributed by atoms with van der Waals surface area (Å²) in [6, 6.07) is 10.5. The van der Waals surface area contributed by atoms with Crippen LogP contribution in [-0.2, 0) is 10.0 Å². The Morgan fingerprint density at radius 3 is 2.59 bits per heavy atom. The van der Waals surface area contributed by atoms with Gasteiger partial charge in [0.25, 0.3) is 5.91 Å². The number of nitrogens with zero attached hydrogens (tertiary/aromatic N) is 2. The van der Waals surface area contributed by atoms with Crippen LogP contribution in [-0.4, -0.2) is 56.9 Å². The van der Waals surface area contributed by atoms with E-state index in [0.717, 1.165) is 43.8 Å². The van der Waals surface area contributed by atoms with Crippen LogP contribution in [0.1, 0.15) is 56.8 Å². The summed E-state index contributed by atoms with van der Waals surface area (Å²) in [5.74, 6) is 1.21. The van der Waals surface area contributed by atoms with Crippen LogP contribution in [0, 0.1) is 11.8 Å². The van der Waals surface area contributed by atoms with Gasteiger partial charge in [-0.2, -0.15) is 0 Å². The predicted octanol–water partition coefficient (Wildman–Crippen LogP) is 5.14. The van der Waals surface area contributed by atoms with E-state index in [9.17, 15) is 13.2 Å². The summed E-state index contributed by atoms with van der Waals surface area (Å²) in [5.41, 5.74) is 1.75. The van der Waals surface area contributed by atoms with Gasteiger partial charge >= 0.3 is 0 Å². The number of hydrogen-bond donors (Lipinski definition) is 2. The molecular weight excluding hydrogens is 504 g/mol. The molecule has 1 aromatic carbocycles. The van der Waals surface area contributed by atoms with Gasteiger partial charge in [0.05, 0.1) is 26.5 Å². The highest BCUT2D eigenvalue weighted by Gasteiger charge is 2.22. The summed E-state index contributed by atoms with van der Waals surface area (Å²) in [6.07, 6.45) is 3.81. The van der Waals surface area contributed by atoms with Crippen molar-refractivity contribution in [2.45, 2.75) is 51.3 Å². The second-order valence-electron chi connectivity index (χ2n) is 10.3. The minimum Gasteiger partial charge on any atom is -0.352 e. The van der Waals surface area contributed by atoms with Crippen LogP contribution < -0.4 is 10.0 Å². The Hall–Kier alpha value is -2.33. The fourth-order valence-corrected chi connectivity index (χ4v) is 6.94. The molecule has 0 unspecified atom stereocenters. The molecule has 1 fully saturated rings. The van der Waals surface area contributed by atoms with Gasteiger partial charge in [-0.05, 0) is 73.4 Å². The van der Waals surface area contributed by atoms with Crippen molar-refractivity contribution in [3.63, 3.8) is 0 Å². The van der Waals surface area contributed by atoms with Gasteiger partial charge in [-0.15, -0.1) is 11.3 Å². The van der Waals surface area contributed by atoms with Crippen LogP contribution >= 0.6 is 11.3 Å². The van der Waals surface area contributed by atoms with E-state index in [2.05, 4.69) is 28.8 Å². The number of thiophene rings is 1. The Kier molecular flexibility index (Phi) is 9.34. The molecule has 1 aliphatic rings. The van der Waals surface area contributed by atoms with Gasteiger partial charge in [0, 0.05) is 31.6 Å². The largest absolute Gasteiger partial charge is 0.352 e. The number of nitrogens with one attached hydrogen (secondary N) is 2. The highest BCUT2D eigenvalue weighted by Crippen LogP contribution is 2.29. The monoisotopic (exact) mass is 542 g/mol. The number of rotatable bonds is 11. The zero-order chi connectivity index (χ0) is 26.4. The number of sulfonamides is 1. The molecule has 0 radical (unpaired) electrons. The Morgan fingerprint density at radius 1 is 1.11 bits per heavy atom. The Balaban J connectivity index is 1.55. The lowest BCUT2D eigenvalue weighted by Crippen LogP contribution is -2.40. The van der Waals surface area contributed by atoms with Gasteiger partial charge in [0.15, 0.2) is 0 Å². The number of aromatic nitrogens is 1. The highest BCUT2D eigenvalue weighted by atomic mass is 32.2. The number of carbonyl (C=O) groups excluding carboxylic acids is 1. The summed E-state index contributed by atoms with van der Waals surface area (Å²) < 4.78 is 28.4. The first-order valence-electron chi connectivity index (χ1n) is 13.3. The number of benzene rings is 1. The van der Waals surface area contributed by atoms with E-state index < -0.39 is 10.0 Å². The lowest BCUT2D eigenvalue weighted by atomic mass is 9.92. The fourth-order valence-electron chi connectivity index (χ4n) is 5.15. The predicted molar refractivity (Wildman–Crippen MR) is 151 cm³/mol. The second kappa shape index (κ2) is 12.5. The maximum absolute atomic E-state index is 13.4. The van der Waals surface area contributed by atoms with Crippen molar-refractivity contribution >= 4 is 38.2 Å². The molecule has 0 bridgehead atoms. The molecule has 0 aliphatic carbocycles. The third-order valence-electron chi connectivity index (χ3n) is 6.81. The Bertz CT molecular complexity index is 1300. The molecule has 1 aliphatic heterocycles. The standard InChI is InChI=1S/C28H38N4O3S2/c1-4-5-12-30-37(34,35)22-9-10-25-23(16-22)24(17-26(31-25)27-8-6-14-36-27)28(33)29-11-7-13-32-18-20(2)15-21(3)19-32/h6,8-10,14,16-17,20-21,30H,4-5,7,11-13,15,18-19H2,1-3H3,(H,29,33)/t20-,21-/m1/s1. The summed E-state index contributed by atoms with van der Waals surface area (Å²) >= 11 is 1.56. The lowest BCUT2D eigenvalue weighted by Gasteiger charge is -2.34. The van der Waals surface area contributed by atoms with Gasteiger partial charge in [-0.1, -0.05) is 33.3 Å². The van der Waals surface area contributed by atoms with E-state index in [1.165, 1.54) is 6.42 Å². The first-order valence-corrected chi connectivity index (χ1v) is 15.6. The van der Waals surface area contributed by atoms with Crippen LogP contribution in [0.15, 0.2) is 46.7 Å². The first-order chi connectivity index (χ1) is 17.8. The number of fused-ring (bicyclic) bond motifs is 1. The molecule has 200 valence electrons. The quantitative estimate of drug-likeness (QED) is 0.328. The molecule has 1 saturated heterocycles. The molecule has 3 aromatic rings. The van der Waals surface area contributed by atoms with Crippen LogP contribution in [0.3, 0.4) is 0 Å². The fraction of sp³-hybridized carbons (Fsp3) is 0.500. The van der Waals surface area contributed by atoms with E-state index in [-0.39, 0.29) is 10.8 Å². The van der Waals surface area contributed by atoms with Gasteiger partial charge in [-0.3, -0.25) is 4.79 Å². The molecule has 7 nitrogen and oxygen atoms in total. The number of unbranched alkanes of at least 4 members (excludes halogenated alkanes) is 1. The van der Waals surface area contributed by atoms with Crippen molar-refractivity contribution in [2.75, 3.05) is 32.7 Å². The summed E-state index contributed by atoms with van der Waals surface area (Å²) in [5, 5.41) is 5.58. The normalized spacial score (nSPS) is 18.8. The van der Waals surface area contributed by atoms with Gasteiger partial charge in [0.2, 0.25) is 10.0 Å². The van der Waals surface area contributed by atoms with Gasteiger partial charge in [0.1, 0.15) is 0 Å². The van der Waals surface area contributed by atoms with Crippen molar-refractivity contribution in [3.05, 3.63) is 47.3 Å². The third kappa shape index (κ3) is 7.16. The maximum atomic E-state index is 13.4. The second-order valence-corrected chi connectivity index (χ2v) is 13.0. The molecule has 2 atom stereocenters. The number of piperidine rings is 1. The van der Waals surface area contributed by atoms with Gasteiger partial charge in [-0.25, -0.2) is 18.1 Å². The minimum absolute atomic E-state index is 0.143. The smallest absolute Gasteiger partial charge is 0.252 e. The molecule has 9 heteroatoms. The van der Waals surface area contributed by atoms with E-state index in [0.29, 0.717) is 47.1 Å². The number of hydrogen-bond acceptors (Lipinski definition) is 6. The molecular formula is C28H38N4O3S2. The molecule has 37 heavy (non-hydrogen) atoms. The number of carbonyl (C=O) groups is 1. The molecule has 0 spiro atoms. The average molecular weight is 543 g/mol. The third-order valence-corrected chi connectivity index (χ3v) is 9.16. The average Bonchev–Trinajstić information content (AvgIpc) is 3.40. The zero-order valence-electron chi connectivity index (χ0n) is 22.0. The molecule has 2 N–H and O–H groups in total. The van der Waals surface area contributed by atoms with Crippen molar-refractivity contribution < 1.29 is 13.2 Å². The lowest BCUT2D eigenvalue weighted by molar-refractivity contribution is 0.0949. The van der Waals surface area contributed by atoms with E-state index >= 15 is 0 Å². The Labute approximate surface area is 224 Å². The van der Waals surface area contributed by atoms with Crippen molar-refractivity contribution in [2.24, 2.45) is 11.8 Å². The summed E-state index contributed by atoms with van der Waals surface area (Å²) in [4.78, 5) is 21.7. The molecule has 1 amide bonds. The van der Waals surface area contributed by atoms with Crippen LogP contribution in [0.2, 0.25) is 0 Å². The zero-order valence-corrected chi connectivity index (χ0v) is 23.6. The van der Waals surface area contributed by atoms with Gasteiger partial charge < -0.3 is 10.2 Å². The topological polar surface area (TPSA) is 91.4 Å². The van der Waals surface area contributed by atoms with Crippen molar-refractivity contribution in [3.8, 4) is 10.6 Å². The van der Waals surface area contributed by atoms with Crippen LogP contribution in [0.25, 0.3) is 21.5 Å². The molecule has 0 saturated carbocycles. The van der Waals surface area contributed by atoms with Crippen molar-refractivity contribution in [1.29, 1.82) is 0 Å². The van der Waals surface area contributed by atoms with Crippen LogP contribution in [0.5, 0.6) is 0 Å². The highest BCUT2D eigenvalue weighted by molar-refractivity contribution is 7.89. The SMILES string of the molecule is CCCCNS(=O)(=O)c1ccc2nc(-c3cccs3)cc(C(=O)NCCCN3C[C@H](C)C[C@@H](C)C3)c2c1.